The van der Waals surface area contributed by atoms with Gasteiger partial charge in [-0.3, -0.25) is 4.90 Å². The van der Waals surface area contributed by atoms with E-state index >= 15 is 0 Å². The third-order valence-electron chi connectivity index (χ3n) is 7.57. The average molecular weight is 500 g/mol. The average Bonchev–Trinajstić information content (AvgIpc) is 2.92. The molecule has 37 heavy (non-hydrogen) atoms. The highest BCUT2D eigenvalue weighted by atomic mass is 16.2. The summed E-state index contributed by atoms with van der Waals surface area (Å²) in [5, 5.41) is 6.70. The Labute approximate surface area is 219 Å². The first kappa shape index (κ1) is 22.4. The smallest absolute Gasteiger partial charge is 0.326 e. The van der Waals surface area contributed by atoms with Crippen molar-refractivity contribution < 1.29 is 6.17 Å². The normalized spacial score (nSPS) is 22.2. The van der Waals surface area contributed by atoms with Crippen LogP contribution in [0.15, 0.2) is 48.7 Å². The molecule has 0 aliphatic carbocycles. The lowest BCUT2D eigenvalue weighted by Gasteiger charge is -2.41. The Hall–Kier alpha value is -3.85. The van der Waals surface area contributed by atoms with Crippen LogP contribution in [0, 0.1) is 6.92 Å². The molecule has 9 nitrogen and oxygen atoms in total. The van der Waals surface area contributed by atoms with Gasteiger partial charge in [-0.2, -0.15) is 4.98 Å². The summed E-state index contributed by atoms with van der Waals surface area (Å²) in [7, 11) is 3.88. The number of aryl methyl sites for hydroxylation is 1. The van der Waals surface area contributed by atoms with Gasteiger partial charge in [-0.15, -0.1) is 0 Å². The first-order chi connectivity index (χ1) is 18.3. The van der Waals surface area contributed by atoms with Crippen LogP contribution in [-0.2, 0) is 6.54 Å². The van der Waals surface area contributed by atoms with Crippen molar-refractivity contribution in [2.45, 2.75) is 25.9 Å². The van der Waals surface area contributed by atoms with Crippen LogP contribution in [-0.4, -0.2) is 72.6 Å². The van der Waals surface area contributed by atoms with E-state index in [2.05, 4.69) is 49.6 Å². The van der Waals surface area contributed by atoms with Crippen molar-refractivity contribution >= 4 is 34.9 Å². The molecule has 9 heteroatoms. The number of aromatic nitrogens is 2. The fraction of sp³-hybridized carbons (Fsp3) is 0.393. The molecule has 3 aliphatic rings. The van der Waals surface area contributed by atoms with Gasteiger partial charge < -0.3 is 25.3 Å². The van der Waals surface area contributed by atoms with Gasteiger partial charge in [-0.1, -0.05) is 18.2 Å². The number of hydrogen-bond acceptors (Lipinski definition) is 7. The van der Waals surface area contributed by atoms with E-state index in [1.807, 2.05) is 37.3 Å². The minimum atomic E-state index is -1.17. The topological polar surface area (TPSA) is 79.9 Å². The first-order valence-electron chi connectivity index (χ1n) is 13.4. The van der Waals surface area contributed by atoms with Gasteiger partial charge >= 0.3 is 6.03 Å². The monoisotopic (exact) mass is 499 g/mol. The van der Waals surface area contributed by atoms with Crippen LogP contribution in [0.4, 0.5) is 33.6 Å². The Balaban J connectivity index is 1.21. The number of likely N-dealkylation sites (N-methyl/N-ethyl adjacent to an activating group) is 1. The number of nitrogens with zero attached hydrogens (tertiary/aromatic N) is 6. The molecule has 2 aromatic carbocycles. The van der Waals surface area contributed by atoms with E-state index in [-0.39, 0.29) is 12.6 Å². The van der Waals surface area contributed by atoms with Crippen LogP contribution in [0.2, 0.25) is 0 Å². The molecule has 1 fully saturated rings. The summed E-state index contributed by atoms with van der Waals surface area (Å²) < 4.78 is 9.43. The van der Waals surface area contributed by atoms with E-state index in [0.29, 0.717) is 24.7 Å². The maximum Gasteiger partial charge on any atom is 0.326 e. The summed E-state index contributed by atoms with van der Waals surface area (Å²) >= 11 is 0. The number of urea groups is 1. The maximum atomic E-state index is 13.6. The maximum absolute atomic E-state index is 13.6. The van der Waals surface area contributed by atoms with Crippen molar-refractivity contribution in [2.24, 2.45) is 0 Å². The predicted octanol–water partition coefficient (Wildman–Crippen LogP) is 4.21. The zero-order valence-corrected chi connectivity index (χ0v) is 21.7. The van der Waals surface area contributed by atoms with Crippen LogP contribution >= 0.6 is 0 Å². The summed E-state index contributed by atoms with van der Waals surface area (Å²) in [4.78, 5) is 30.7. The molecule has 0 saturated carbocycles. The highest BCUT2D eigenvalue weighted by Gasteiger charge is 2.36. The van der Waals surface area contributed by atoms with Crippen LogP contribution in [0.5, 0.6) is 0 Å². The minimum Gasteiger partial charge on any atom is -0.384 e. The molecule has 3 aromatic rings. The SMILES string of the molecule is [2H]C1(N2Cc3cnc(Nc4ccc(N5CCN(C)CC5)cc4)nc3N(C)C2=O)CCNc2c(C)cccc21. The molecule has 2 N–H and O–H groups in total. The Morgan fingerprint density at radius 3 is 2.65 bits per heavy atom. The predicted molar refractivity (Wildman–Crippen MR) is 148 cm³/mol. The highest BCUT2D eigenvalue weighted by Crippen LogP contribution is 2.40. The van der Waals surface area contributed by atoms with Gasteiger partial charge in [0.1, 0.15) is 5.82 Å². The van der Waals surface area contributed by atoms with E-state index in [9.17, 15) is 6.17 Å². The molecule has 1 saturated heterocycles. The number of para-hydroxylation sites is 1. The van der Waals surface area contributed by atoms with Gasteiger partial charge in [0.15, 0.2) is 0 Å². The van der Waals surface area contributed by atoms with E-state index in [1.54, 1.807) is 18.1 Å². The lowest BCUT2D eigenvalue weighted by atomic mass is 9.93. The van der Waals surface area contributed by atoms with Crippen molar-refractivity contribution in [3.05, 3.63) is 65.4 Å². The van der Waals surface area contributed by atoms with Gasteiger partial charge in [-0.25, -0.2) is 9.78 Å². The number of rotatable bonds is 4. The fourth-order valence-electron chi connectivity index (χ4n) is 5.39. The second kappa shape index (κ2) is 9.55. The van der Waals surface area contributed by atoms with Crippen LogP contribution in [0.3, 0.4) is 0 Å². The molecule has 6 rings (SSSR count). The Kier molecular flexibility index (Phi) is 5.77. The standard InChI is InChI=1S/C28H34N8O/c1-19-5-4-6-23-24(11-12-29-25(19)23)36-18-20-17-30-27(32-26(20)34(3)28(36)37)31-21-7-9-22(10-8-21)35-15-13-33(2)14-16-35/h4-10,17,24,29H,11-16,18H2,1-3H3,(H,30,31,32)/i24D. The van der Waals surface area contributed by atoms with E-state index in [0.717, 1.165) is 54.2 Å². The van der Waals surface area contributed by atoms with Gasteiger partial charge in [0.25, 0.3) is 0 Å². The quantitative estimate of drug-likeness (QED) is 0.557. The number of carbonyl (C=O) groups is 1. The molecule has 0 spiro atoms. The molecule has 4 heterocycles. The second-order valence-corrected chi connectivity index (χ2v) is 10.1. The number of fused-ring (bicyclic) bond motifs is 2. The molecule has 1 unspecified atom stereocenters. The zero-order valence-electron chi connectivity index (χ0n) is 22.7. The molecule has 2 amide bonds. The summed E-state index contributed by atoms with van der Waals surface area (Å²) in [6.45, 7) is 7.13. The summed E-state index contributed by atoms with van der Waals surface area (Å²) in [6, 6.07) is 12.8. The molecule has 0 radical (unpaired) electrons. The summed E-state index contributed by atoms with van der Waals surface area (Å²) in [5.41, 5.74) is 5.77. The third-order valence-corrected chi connectivity index (χ3v) is 7.57. The van der Waals surface area contributed by atoms with E-state index in [4.69, 9.17) is 0 Å². The van der Waals surface area contributed by atoms with E-state index < -0.39 is 6.02 Å². The Morgan fingerprint density at radius 2 is 1.86 bits per heavy atom. The zero-order chi connectivity index (χ0) is 26.4. The summed E-state index contributed by atoms with van der Waals surface area (Å²) in [5.74, 6) is 1.01. The fourth-order valence-corrected chi connectivity index (χ4v) is 5.39. The molecule has 192 valence electrons. The molecule has 0 bridgehead atoms. The van der Waals surface area contributed by atoms with Crippen molar-refractivity contribution in [3.63, 3.8) is 0 Å². The Morgan fingerprint density at radius 1 is 1.08 bits per heavy atom. The number of benzene rings is 2. The lowest BCUT2D eigenvalue weighted by Crippen LogP contribution is -2.48. The van der Waals surface area contributed by atoms with Crippen LogP contribution in [0.25, 0.3) is 0 Å². The van der Waals surface area contributed by atoms with Crippen LogP contribution < -0.4 is 20.4 Å². The van der Waals surface area contributed by atoms with E-state index in [1.165, 1.54) is 10.6 Å². The number of nitrogens with one attached hydrogen (secondary N) is 2. The highest BCUT2D eigenvalue weighted by molar-refractivity contribution is 5.93. The lowest BCUT2D eigenvalue weighted by molar-refractivity contribution is 0.170. The molecule has 1 aromatic heterocycles. The van der Waals surface area contributed by atoms with Gasteiger partial charge in [-0.05, 0) is 55.8 Å². The summed E-state index contributed by atoms with van der Waals surface area (Å²) in [6.07, 6.45) is 2.27. The molecular weight excluding hydrogens is 464 g/mol. The van der Waals surface area contributed by atoms with Crippen LogP contribution in [0.1, 0.15) is 30.5 Å². The van der Waals surface area contributed by atoms with Gasteiger partial charge in [0.05, 0.1) is 13.9 Å². The number of anilines is 5. The second-order valence-electron chi connectivity index (χ2n) is 10.1. The van der Waals surface area contributed by atoms with Crippen molar-refractivity contribution in [3.8, 4) is 0 Å². The molecular formula is C28H34N8O. The van der Waals surface area contributed by atoms with Gasteiger partial charge in [0, 0.05) is 68.6 Å². The molecule has 1 atom stereocenters. The number of carbonyl (C=O) groups excluding carboxylic acids is 1. The van der Waals surface area contributed by atoms with Crippen molar-refractivity contribution in [2.75, 3.05) is 67.3 Å². The largest absolute Gasteiger partial charge is 0.384 e. The van der Waals surface area contributed by atoms with Crippen molar-refractivity contribution in [1.82, 2.24) is 19.8 Å². The van der Waals surface area contributed by atoms with Crippen molar-refractivity contribution in [1.29, 1.82) is 0 Å². The number of hydrogen-bond donors (Lipinski definition) is 2. The number of piperazine rings is 1. The minimum absolute atomic E-state index is 0.233. The van der Waals surface area contributed by atoms with Gasteiger partial charge in [0.2, 0.25) is 5.95 Å². The number of amides is 2. The Bertz CT molecular complexity index is 1360. The first-order valence-corrected chi connectivity index (χ1v) is 12.9. The molecule has 3 aliphatic heterocycles. The third kappa shape index (κ3) is 4.44.